The molecule has 4 heteroatoms. The van der Waals surface area contributed by atoms with E-state index in [2.05, 4.69) is 10.1 Å². The molecule has 1 heterocycles. The molecule has 1 fully saturated rings. The highest BCUT2D eigenvalue weighted by Gasteiger charge is 2.28. The Morgan fingerprint density at radius 2 is 1.78 bits per heavy atom. The number of hydrogen-bond acceptors (Lipinski definition) is 4. The molecule has 1 aliphatic carbocycles. The van der Waals surface area contributed by atoms with E-state index in [0.29, 0.717) is 18.4 Å². The minimum absolute atomic E-state index is 0.215. The van der Waals surface area contributed by atoms with E-state index in [9.17, 15) is 0 Å². The van der Waals surface area contributed by atoms with Crippen LogP contribution < -0.4 is 5.73 Å². The maximum Gasteiger partial charge on any atom is 0.233 e. The van der Waals surface area contributed by atoms with E-state index >= 15 is 0 Å². The molecule has 2 rings (SSSR count). The Labute approximate surface area is 109 Å². The van der Waals surface area contributed by atoms with Crippen LogP contribution in [0.15, 0.2) is 4.52 Å². The predicted octanol–water partition coefficient (Wildman–Crippen LogP) is 3.13. The van der Waals surface area contributed by atoms with Crippen LogP contribution in [0.25, 0.3) is 0 Å². The van der Waals surface area contributed by atoms with Gasteiger partial charge in [0.25, 0.3) is 0 Å². The summed E-state index contributed by atoms with van der Waals surface area (Å²) in [5.41, 5.74) is 5.53. The van der Waals surface area contributed by atoms with E-state index < -0.39 is 0 Å². The van der Waals surface area contributed by atoms with Gasteiger partial charge in [-0.3, -0.25) is 0 Å². The van der Waals surface area contributed by atoms with E-state index in [0.717, 1.165) is 5.82 Å². The van der Waals surface area contributed by atoms with Crippen molar-refractivity contribution in [2.24, 2.45) is 5.73 Å². The van der Waals surface area contributed by atoms with Gasteiger partial charge in [-0.05, 0) is 26.7 Å². The van der Waals surface area contributed by atoms with Gasteiger partial charge < -0.3 is 10.3 Å². The van der Waals surface area contributed by atoms with Crippen molar-refractivity contribution < 1.29 is 4.52 Å². The van der Waals surface area contributed by atoms with Gasteiger partial charge in [0.05, 0.1) is 5.41 Å². The molecule has 0 amide bonds. The fourth-order valence-corrected chi connectivity index (χ4v) is 2.48. The molecule has 1 aliphatic rings. The standard InChI is InChI=1S/C14H25N3O/c1-14(2,10-15)13-16-12(17-18-13)11-8-6-4-3-5-7-9-11/h11H,3-10,15H2,1-2H3. The van der Waals surface area contributed by atoms with Crippen LogP contribution in [0, 0.1) is 0 Å². The molecule has 0 spiro atoms. The number of hydrogen-bond donors (Lipinski definition) is 1. The van der Waals surface area contributed by atoms with Crippen molar-refractivity contribution in [1.29, 1.82) is 0 Å². The zero-order valence-corrected chi connectivity index (χ0v) is 11.6. The van der Waals surface area contributed by atoms with E-state index in [1.807, 2.05) is 13.8 Å². The Morgan fingerprint density at radius 3 is 2.39 bits per heavy atom. The fourth-order valence-electron chi connectivity index (χ4n) is 2.48. The molecule has 1 aromatic rings. The van der Waals surface area contributed by atoms with Gasteiger partial charge >= 0.3 is 0 Å². The molecule has 4 nitrogen and oxygen atoms in total. The van der Waals surface area contributed by atoms with Crippen molar-refractivity contribution in [1.82, 2.24) is 10.1 Å². The van der Waals surface area contributed by atoms with Crippen LogP contribution in [-0.2, 0) is 5.41 Å². The van der Waals surface area contributed by atoms with Crippen LogP contribution in [0.5, 0.6) is 0 Å². The van der Waals surface area contributed by atoms with Gasteiger partial charge in [0.1, 0.15) is 0 Å². The van der Waals surface area contributed by atoms with Crippen molar-refractivity contribution >= 4 is 0 Å². The molecule has 1 aromatic heterocycles. The number of nitrogens with two attached hydrogens (primary N) is 1. The minimum atomic E-state index is -0.215. The smallest absolute Gasteiger partial charge is 0.233 e. The first-order valence-corrected chi connectivity index (χ1v) is 7.17. The van der Waals surface area contributed by atoms with Gasteiger partial charge in [-0.15, -0.1) is 0 Å². The predicted molar refractivity (Wildman–Crippen MR) is 71.4 cm³/mol. The summed E-state index contributed by atoms with van der Waals surface area (Å²) in [7, 11) is 0. The molecule has 0 aromatic carbocycles. The Hall–Kier alpha value is -0.900. The highest BCUT2D eigenvalue weighted by molar-refractivity contribution is 5.04. The van der Waals surface area contributed by atoms with Gasteiger partial charge in [-0.2, -0.15) is 4.98 Å². The van der Waals surface area contributed by atoms with Gasteiger partial charge in [0, 0.05) is 12.5 Å². The molecule has 0 atom stereocenters. The summed E-state index contributed by atoms with van der Waals surface area (Å²) in [5.74, 6) is 2.06. The van der Waals surface area contributed by atoms with Gasteiger partial charge in [-0.1, -0.05) is 37.3 Å². The van der Waals surface area contributed by atoms with E-state index in [4.69, 9.17) is 10.3 Å². The van der Waals surface area contributed by atoms with Crippen LogP contribution in [-0.4, -0.2) is 16.7 Å². The van der Waals surface area contributed by atoms with Crippen LogP contribution in [0.1, 0.15) is 76.4 Å². The lowest BCUT2D eigenvalue weighted by molar-refractivity contribution is 0.306. The molecule has 1 saturated carbocycles. The molecule has 0 aliphatic heterocycles. The lowest BCUT2D eigenvalue weighted by Gasteiger charge is -2.17. The first-order chi connectivity index (χ1) is 8.63. The average Bonchev–Trinajstić information content (AvgIpc) is 2.78. The Kier molecular flexibility index (Phi) is 4.38. The molecule has 0 radical (unpaired) electrons. The zero-order chi connectivity index (χ0) is 13.0. The zero-order valence-electron chi connectivity index (χ0n) is 11.6. The van der Waals surface area contributed by atoms with Crippen LogP contribution >= 0.6 is 0 Å². The van der Waals surface area contributed by atoms with E-state index in [-0.39, 0.29) is 5.41 Å². The second kappa shape index (κ2) is 5.83. The molecular weight excluding hydrogens is 226 g/mol. The third-order valence-electron chi connectivity index (χ3n) is 4.00. The third kappa shape index (κ3) is 3.10. The van der Waals surface area contributed by atoms with Crippen molar-refractivity contribution in [2.45, 2.75) is 70.1 Å². The Morgan fingerprint density at radius 1 is 1.17 bits per heavy atom. The fraction of sp³-hybridized carbons (Fsp3) is 0.857. The van der Waals surface area contributed by atoms with Crippen LogP contribution in [0.2, 0.25) is 0 Å². The summed E-state index contributed by atoms with van der Waals surface area (Å²) in [6, 6.07) is 0. The Balaban J connectivity index is 2.08. The van der Waals surface area contributed by atoms with Crippen molar-refractivity contribution in [3.63, 3.8) is 0 Å². The van der Waals surface area contributed by atoms with Gasteiger partial charge in [-0.25, -0.2) is 0 Å². The number of aromatic nitrogens is 2. The monoisotopic (exact) mass is 251 g/mol. The topological polar surface area (TPSA) is 64.9 Å². The maximum atomic E-state index is 5.74. The number of rotatable bonds is 3. The summed E-state index contributed by atoms with van der Waals surface area (Å²) >= 11 is 0. The quantitative estimate of drug-likeness (QED) is 0.896. The minimum Gasteiger partial charge on any atom is -0.339 e. The maximum absolute atomic E-state index is 5.74. The van der Waals surface area contributed by atoms with Crippen molar-refractivity contribution in [2.75, 3.05) is 6.54 Å². The molecule has 18 heavy (non-hydrogen) atoms. The van der Waals surface area contributed by atoms with Gasteiger partial charge in [0.2, 0.25) is 5.89 Å². The van der Waals surface area contributed by atoms with Crippen LogP contribution in [0.4, 0.5) is 0 Å². The van der Waals surface area contributed by atoms with Gasteiger partial charge in [0.15, 0.2) is 5.82 Å². The molecule has 0 bridgehead atoms. The Bertz CT molecular complexity index is 365. The first-order valence-electron chi connectivity index (χ1n) is 7.17. The van der Waals surface area contributed by atoms with Crippen molar-refractivity contribution in [3.8, 4) is 0 Å². The average molecular weight is 251 g/mol. The lowest BCUT2D eigenvalue weighted by atomic mass is 9.90. The third-order valence-corrected chi connectivity index (χ3v) is 4.00. The lowest BCUT2D eigenvalue weighted by Crippen LogP contribution is -2.28. The van der Waals surface area contributed by atoms with Crippen molar-refractivity contribution in [3.05, 3.63) is 11.7 Å². The molecule has 0 unspecified atom stereocenters. The molecule has 2 N–H and O–H groups in total. The summed E-state index contributed by atoms with van der Waals surface area (Å²) in [5, 5.41) is 4.18. The normalized spacial score (nSPS) is 19.5. The highest BCUT2D eigenvalue weighted by Crippen LogP contribution is 2.30. The molecule has 0 saturated heterocycles. The molecular formula is C14H25N3O. The van der Waals surface area contributed by atoms with Crippen LogP contribution in [0.3, 0.4) is 0 Å². The van der Waals surface area contributed by atoms with E-state index in [1.54, 1.807) is 0 Å². The van der Waals surface area contributed by atoms with E-state index in [1.165, 1.54) is 44.9 Å². The first kappa shape index (κ1) is 13.5. The molecule has 102 valence electrons. The summed E-state index contributed by atoms with van der Waals surface area (Å²) < 4.78 is 5.40. The summed E-state index contributed by atoms with van der Waals surface area (Å²) in [6.45, 7) is 4.62. The number of nitrogens with zero attached hydrogens (tertiary/aromatic N) is 2. The SMILES string of the molecule is CC(C)(CN)c1nc(C2CCCCCCC2)no1. The largest absolute Gasteiger partial charge is 0.339 e. The second-order valence-electron chi connectivity index (χ2n) is 6.09. The second-order valence-corrected chi connectivity index (χ2v) is 6.09. The summed E-state index contributed by atoms with van der Waals surface area (Å²) in [6.07, 6.45) is 9.03. The highest BCUT2D eigenvalue weighted by atomic mass is 16.5. The summed E-state index contributed by atoms with van der Waals surface area (Å²) in [4.78, 5) is 4.59.